The summed E-state index contributed by atoms with van der Waals surface area (Å²) in [6.45, 7) is 1.32. The molecule has 5 nitrogen and oxygen atoms in total. The number of hydrogen-bond acceptors (Lipinski definition) is 5. The van der Waals surface area contributed by atoms with Crippen molar-refractivity contribution in [2.24, 2.45) is 0 Å². The molecule has 0 amide bonds. The molecule has 23 heavy (non-hydrogen) atoms. The zero-order valence-corrected chi connectivity index (χ0v) is 13.3. The molecule has 1 fully saturated rings. The highest BCUT2D eigenvalue weighted by Gasteiger charge is 2.29. The van der Waals surface area contributed by atoms with Gasteiger partial charge in [0.05, 0.1) is 11.8 Å². The molecule has 3 heterocycles. The summed E-state index contributed by atoms with van der Waals surface area (Å²) in [7, 11) is 0. The second-order valence-corrected chi connectivity index (χ2v) is 6.49. The van der Waals surface area contributed by atoms with Crippen molar-refractivity contribution in [1.29, 1.82) is 0 Å². The molecule has 4 rings (SSSR count). The molecule has 1 aliphatic rings. The average molecular weight is 327 g/mol. The third-order valence-corrected chi connectivity index (χ3v) is 4.88. The molecule has 2 atom stereocenters. The van der Waals surface area contributed by atoms with Crippen LogP contribution in [0.5, 0.6) is 0 Å². The van der Waals surface area contributed by atoms with E-state index < -0.39 is 0 Å². The molecule has 1 N–H and O–H groups in total. The third-order valence-electron chi connectivity index (χ3n) is 4.12. The normalized spacial score (nSPS) is 21.0. The molecule has 118 valence electrons. The third kappa shape index (κ3) is 2.93. The van der Waals surface area contributed by atoms with Crippen LogP contribution in [0.3, 0.4) is 0 Å². The molecule has 1 saturated heterocycles. The maximum Gasteiger partial charge on any atom is 0.258 e. The van der Waals surface area contributed by atoms with Gasteiger partial charge in [0.15, 0.2) is 4.96 Å². The molecule has 0 spiro atoms. The van der Waals surface area contributed by atoms with Gasteiger partial charge in [-0.1, -0.05) is 30.3 Å². The molecule has 0 saturated carbocycles. The number of fused-ring (bicyclic) bond motifs is 1. The summed E-state index contributed by atoms with van der Waals surface area (Å²) in [5.74, 6) is 0. The zero-order chi connectivity index (χ0) is 15.6. The van der Waals surface area contributed by atoms with Crippen LogP contribution in [0.1, 0.15) is 23.8 Å². The molecular formula is C17H17N3O2S. The quantitative estimate of drug-likeness (QED) is 0.799. The molecule has 1 aromatic carbocycles. The Labute approximate surface area is 137 Å². The van der Waals surface area contributed by atoms with E-state index >= 15 is 0 Å². The zero-order valence-electron chi connectivity index (χ0n) is 12.5. The standard InChI is InChI=1S/C17H17N3O2S/c21-15-10-13(19-17-20(15)7-9-23-17)11-18-14-6-8-22-16(14)12-4-2-1-3-5-12/h1-5,7,9-10,14,16,18H,6,8,11H2/t14-,16+/m0/s1. The fourth-order valence-corrected chi connectivity index (χ4v) is 3.72. The number of nitrogens with zero attached hydrogens (tertiary/aromatic N) is 2. The van der Waals surface area contributed by atoms with Gasteiger partial charge in [0.2, 0.25) is 0 Å². The van der Waals surface area contributed by atoms with Gasteiger partial charge in [-0.2, -0.15) is 0 Å². The maximum absolute atomic E-state index is 12.0. The van der Waals surface area contributed by atoms with E-state index in [9.17, 15) is 4.79 Å². The van der Waals surface area contributed by atoms with E-state index in [4.69, 9.17) is 4.74 Å². The van der Waals surface area contributed by atoms with Crippen molar-refractivity contribution in [3.8, 4) is 0 Å². The number of nitrogens with one attached hydrogen (secondary N) is 1. The minimum Gasteiger partial charge on any atom is -0.372 e. The van der Waals surface area contributed by atoms with E-state index in [1.54, 1.807) is 16.7 Å². The van der Waals surface area contributed by atoms with Gasteiger partial charge in [0.1, 0.15) is 0 Å². The maximum atomic E-state index is 12.0. The predicted molar refractivity (Wildman–Crippen MR) is 89.7 cm³/mol. The van der Waals surface area contributed by atoms with E-state index in [-0.39, 0.29) is 17.7 Å². The minimum absolute atomic E-state index is 0.0321. The largest absolute Gasteiger partial charge is 0.372 e. The van der Waals surface area contributed by atoms with Crippen molar-refractivity contribution in [1.82, 2.24) is 14.7 Å². The average Bonchev–Trinajstić information content (AvgIpc) is 3.23. The number of hydrogen-bond donors (Lipinski definition) is 1. The smallest absolute Gasteiger partial charge is 0.258 e. The van der Waals surface area contributed by atoms with Crippen LogP contribution in [-0.2, 0) is 11.3 Å². The van der Waals surface area contributed by atoms with Crippen molar-refractivity contribution in [3.63, 3.8) is 0 Å². The van der Waals surface area contributed by atoms with Gasteiger partial charge in [0, 0.05) is 36.8 Å². The van der Waals surface area contributed by atoms with Crippen molar-refractivity contribution in [2.75, 3.05) is 6.61 Å². The summed E-state index contributed by atoms with van der Waals surface area (Å²) in [6, 6.07) is 12.1. The fraction of sp³-hybridized carbons (Fsp3) is 0.294. The van der Waals surface area contributed by atoms with E-state index in [1.165, 1.54) is 16.9 Å². The van der Waals surface area contributed by atoms with E-state index in [2.05, 4.69) is 22.4 Å². The van der Waals surface area contributed by atoms with Crippen molar-refractivity contribution in [2.45, 2.75) is 25.1 Å². The van der Waals surface area contributed by atoms with Gasteiger partial charge in [-0.15, -0.1) is 11.3 Å². The van der Waals surface area contributed by atoms with E-state index in [0.717, 1.165) is 23.7 Å². The fourth-order valence-electron chi connectivity index (χ4n) is 2.98. The van der Waals surface area contributed by atoms with Gasteiger partial charge < -0.3 is 10.1 Å². The highest BCUT2D eigenvalue weighted by molar-refractivity contribution is 7.15. The first-order valence-electron chi connectivity index (χ1n) is 7.67. The first-order valence-corrected chi connectivity index (χ1v) is 8.55. The Balaban J connectivity index is 1.50. The van der Waals surface area contributed by atoms with Crippen LogP contribution in [0.4, 0.5) is 0 Å². The summed E-state index contributed by atoms with van der Waals surface area (Å²) in [5, 5.41) is 5.37. The minimum atomic E-state index is -0.0321. The second-order valence-electron chi connectivity index (χ2n) is 5.62. The van der Waals surface area contributed by atoms with Gasteiger partial charge in [0.25, 0.3) is 5.56 Å². The highest BCUT2D eigenvalue weighted by Crippen LogP contribution is 2.29. The van der Waals surface area contributed by atoms with Crippen LogP contribution >= 0.6 is 11.3 Å². The first kappa shape index (κ1) is 14.6. The Hall–Kier alpha value is -2.02. The predicted octanol–water partition coefficient (Wildman–Crippen LogP) is 2.38. The van der Waals surface area contributed by atoms with Crippen molar-refractivity contribution in [3.05, 3.63) is 69.6 Å². The summed E-state index contributed by atoms with van der Waals surface area (Å²) < 4.78 is 7.44. The molecule has 6 heteroatoms. The van der Waals surface area contributed by atoms with Crippen molar-refractivity contribution >= 4 is 16.3 Å². The Morgan fingerprint density at radius 2 is 2.22 bits per heavy atom. The molecule has 1 aliphatic heterocycles. The van der Waals surface area contributed by atoms with Crippen LogP contribution in [-0.4, -0.2) is 22.0 Å². The first-order chi connectivity index (χ1) is 11.3. The summed E-state index contributed by atoms with van der Waals surface area (Å²) in [6.07, 6.45) is 2.77. The lowest BCUT2D eigenvalue weighted by Gasteiger charge is -2.20. The highest BCUT2D eigenvalue weighted by atomic mass is 32.1. The number of aromatic nitrogens is 2. The number of rotatable bonds is 4. The van der Waals surface area contributed by atoms with Gasteiger partial charge in [-0.05, 0) is 12.0 Å². The molecule has 0 unspecified atom stereocenters. The molecule has 0 radical (unpaired) electrons. The molecule has 3 aromatic rings. The molecular weight excluding hydrogens is 310 g/mol. The van der Waals surface area contributed by atoms with Crippen LogP contribution < -0.4 is 10.9 Å². The second kappa shape index (κ2) is 6.23. The van der Waals surface area contributed by atoms with Crippen LogP contribution in [0.2, 0.25) is 0 Å². The molecule has 0 aliphatic carbocycles. The molecule has 2 aromatic heterocycles. The topological polar surface area (TPSA) is 55.6 Å². The Bertz CT molecular complexity index is 859. The molecule has 0 bridgehead atoms. The lowest BCUT2D eigenvalue weighted by molar-refractivity contribution is 0.0984. The monoisotopic (exact) mass is 327 g/mol. The van der Waals surface area contributed by atoms with Gasteiger partial charge in [-0.3, -0.25) is 9.20 Å². The summed E-state index contributed by atoms with van der Waals surface area (Å²) >= 11 is 1.47. The summed E-state index contributed by atoms with van der Waals surface area (Å²) in [4.78, 5) is 17.3. The SMILES string of the molecule is O=c1cc(CN[C@H]2CCO[C@@H]2c2ccccc2)nc2sccn12. The Morgan fingerprint density at radius 3 is 3.09 bits per heavy atom. The van der Waals surface area contributed by atoms with E-state index in [1.807, 2.05) is 23.6 Å². The van der Waals surface area contributed by atoms with Crippen LogP contribution in [0.25, 0.3) is 4.96 Å². The Kier molecular flexibility index (Phi) is 3.95. The lowest BCUT2D eigenvalue weighted by Crippen LogP contribution is -2.32. The van der Waals surface area contributed by atoms with Gasteiger partial charge >= 0.3 is 0 Å². The number of ether oxygens (including phenoxy) is 1. The summed E-state index contributed by atoms with van der Waals surface area (Å²) in [5.41, 5.74) is 1.93. The Morgan fingerprint density at radius 1 is 1.35 bits per heavy atom. The van der Waals surface area contributed by atoms with Gasteiger partial charge in [-0.25, -0.2) is 4.98 Å². The van der Waals surface area contributed by atoms with Crippen LogP contribution in [0, 0.1) is 0 Å². The number of benzene rings is 1. The van der Waals surface area contributed by atoms with Crippen molar-refractivity contribution < 1.29 is 4.74 Å². The van der Waals surface area contributed by atoms with E-state index in [0.29, 0.717) is 6.54 Å². The lowest BCUT2D eigenvalue weighted by atomic mass is 10.0. The number of thiazole rings is 1. The van der Waals surface area contributed by atoms with Crippen LogP contribution in [0.15, 0.2) is 52.8 Å².